The lowest BCUT2D eigenvalue weighted by atomic mass is 10.1. The van der Waals surface area contributed by atoms with Crippen molar-refractivity contribution in [3.05, 3.63) is 63.9 Å². The molecule has 25 heavy (non-hydrogen) atoms. The van der Waals surface area contributed by atoms with E-state index in [0.29, 0.717) is 22.2 Å². The Balaban J connectivity index is 1.82. The Morgan fingerprint density at radius 3 is 2.80 bits per heavy atom. The van der Waals surface area contributed by atoms with Crippen LogP contribution >= 0.6 is 11.8 Å². The summed E-state index contributed by atoms with van der Waals surface area (Å²) >= 11 is 1.22. The third kappa shape index (κ3) is 3.80. The number of hydrogen-bond donors (Lipinski definition) is 1. The number of aryl methyl sites for hydroxylation is 1. The van der Waals surface area contributed by atoms with Crippen LogP contribution in [0.15, 0.2) is 50.7 Å². The van der Waals surface area contributed by atoms with Gasteiger partial charge in [0.1, 0.15) is 22.0 Å². The van der Waals surface area contributed by atoms with Gasteiger partial charge in [-0.2, -0.15) is 4.98 Å². The average molecular weight is 357 g/mol. The molecule has 0 aliphatic rings. The van der Waals surface area contributed by atoms with E-state index in [4.69, 9.17) is 9.26 Å². The highest BCUT2D eigenvalue weighted by Gasteiger charge is 2.19. The molecular formula is C17H15N3O4S. The maximum atomic E-state index is 11.9. The van der Waals surface area contributed by atoms with Crippen molar-refractivity contribution in [2.45, 2.75) is 17.7 Å². The van der Waals surface area contributed by atoms with Crippen molar-refractivity contribution in [3.8, 4) is 11.3 Å². The largest absolute Gasteiger partial charge is 0.465 e. The van der Waals surface area contributed by atoms with E-state index in [0.717, 1.165) is 11.3 Å². The summed E-state index contributed by atoms with van der Waals surface area (Å²) in [5.41, 5.74) is 1.81. The number of benzene rings is 1. The molecule has 2 heterocycles. The molecule has 7 nitrogen and oxygen atoms in total. The molecule has 0 aliphatic heterocycles. The van der Waals surface area contributed by atoms with Crippen LogP contribution in [0, 0.1) is 6.92 Å². The lowest BCUT2D eigenvalue weighted by Gasteiger charge is -2.07. The van der Waals surface area contributed by atoms with Crippen molar-refractivity contribution >= 4 is 17.7 Å². The number of carbonyl (C=O) groups is 1. The smallest absolute Gasteiger partial charge is 0.346 e. The number of nitrogens with one attached hydrogen (secondary N) is 1. The van der Waals surface area contributed by atoms with Crippen molar-refractivity contribution in [2.24, 2.45) is 0 Å². The number of aromatic amines is 1. The Morgan fingerprint density at radius 1 is 1.32 bits per heavy atom. The van der Waals surface area contributed by atoms with Crippen LogP contribution in [0.2, 0.25) is 0 Å². The number of methoxy groups -OCH3 is 1. The van der Waals surface area contributed by atoms with Crippen LogP contribution in [-0.4, -0.2) is 28.2 Å². The van der Waals surface area contributed by atoms with Gasteiger partial charge < -0.3 is 14.2 Å². The first kappa shape index (κ1) is 17.0. The highest BCUT2D eigenvalue weighted by molar-refractivity contribution is 7.98. The number of ether oxygens (including phenoxy) is 1. The summed E-state index contributed by atoms with van der Waals surface area (Å²) in [4.78, 5) is 29.9. The highest BCUT2D eigenvalue weighted by atomic mass is 32.2. The first-order chi connectivity index (χ1) is 12.1. The molecule has 1 aromatic carbocycles. The average Bonchev–Trinajstić information content (AvgIpc) is 3.08. The summed E-state index contributed by atoms with van der Waals surface area (Å²) in [6.45, 7) is 1.63. The van der Waals surface area contributed by atoms with Crippen LogP contribution < -0.4 is 5.69 Å². The van der Waals surface area contributed by atoms with Crippen LogP contribution in [0.4, 0.5) is 0 Å². The topological polar surface area (TPSA) is 98.1 Å². The van der Waals surface area contributed by atoms with E-state index < -0.39 is 11.7 Å². The van der Waals surface area contributed by atoms with Gasteiger partial charge in [-0.3, -0.25) is 0 Å². The van der Waals surface area contributed by atoms with Gasteiger partial charge in [-0.15, -0.1) is 0 Å². The summed E-state index contributed by atoms with van der Waals surface area (Å²) in [6, 6.07) is 11.5. The molecule has 3 rings (SSSR count). The minimum absolute atomic E-state index is 0.245. The van der Waals surface area contributed by atoms with Crippen molar-refractivity contribution in [2.75, 3.05) is 7.11 Å². The van der Waals surface area contributed by atoms with Crippen LogP contribution in [0.5, 0.6) is 0 Å². The molecule has 128 valence electrons. The Morgan fingerprint density at radius 2 is 2.08 bits per heavy atom. The third-order valence-electron chi connectivity index (χ3n) is 3.46. The van der Waals surface area contributed by atoms with Crippen molar-refractivity contribution in [1.82, 2.24) is 15.1 Å². The van der Waals surface area contributed by atoms with Gasteiger partial charge in [0.05, 0.1) is 12.9 Å². The van der Waals surface area contributed by atoms with Crippen molar-refractivity contribution in [3.63, 3.8) is 0 Å². The Bertz CT molecular complexity index is 950. The van der Waals surface area contributed by atoms with E-state index in [2.05, 4.69) is 15.1 Å². The maximum absolute atomic E-state index is 11.9. The first-order valence-corrected chi connectivity index (χ1v) is 8.40. The molecule has 8 heteroatoms. The number of nitrogens with zero attached hydrogens (tertiary/aromatic N) is 2. The predicted molar refractivity (Wildman–Crippen MR) is 92.4 cm³/mol. The molecule has 0 aliphatic carbocycles. The summed E-state index contributed by atoms with van der Waals surface area (Å²) in [5.74, 6) is 0.436. The highest BCUT2D eigenvalue weighted by Crippen LogP contribution is 2.27. The van der Waals surface area contributed by atoms with E-state index in [9.17, 15) is 9.59 Å². The molecule has 0 unspecified atom stereocenters. The van der Waals surface area contributed by atoms with Crippen molar-refractivity contribution < 1.29 is 14.1 Å². The second-order valence-electron chi connectivity index (χ2n) is 5.17. The molecule has 0 bridgehead atoms. The normalized spacial score (nSPS) is 10.6. The number of carbonyl (C=O) groups excluding carboxylic acids is 1. The predicted octanol–water partition coefficient (Wildman–Crippen LogP) is 2.81. The molecule has 0 amide bonds. The number of thioether (sulfide) groups is 1. The second-order valence-corrected chi connectivity index (χ2v) is 6.14. The summed E-state index contributed by atoms with van der Waals surface area (Å²) in [5, 5.41) is 4.34. The van der Waals surface area contributed by atoms with Gasteiger partial charge in [-0.1, -0.05) is 47.3 Å². The Labute approximate surface area is 147 Å². The number of esters is 1. The Kier molecular flexibility index (Phi) is 4.99. The van der Waals surface area contributed by atoms with Gasteiger partial charge in [0.25, 0.3) is 0 Å². The summed E-state index contributed by atoms with van der Waals surface area (Å²) < 4.78 is 10.1. The van der Waals surface area contributed by atoms with Gasteiger partial charge in [-0.05, 0) is 6.92 Å². The monoisotopic (exact) mass is 357 g/mol. The third-order valence-corrected chi connectivity index (χ3v) is 4.45. The van der Waals surface area contributed by atoms with E-state index in [1.165, 1.54) is 18.9 Å². The van der Waals surface area contributed by atoms with Gasteiger partial charge in [0, 0.05) is 17.3 Å². The molecule has 0 atom stereocenters. The zero-order valence-corrected chi connectivity index (χ0v) is 14.4. The molecule has 2 aromatic heterocycles. The molecule has 0 saturated heterocycles. The van der Waals surface area contributed by atoms with E-state index in [1.54, 1.807) is 6.92 Å². The van der Waals surface area contributed by atoms with Gasteiger partial charge in [-0.25, -0.2) is 9.59 Å². The fourth-order valence-electron chi connectivity index (χ4n) is 2.27. The zero-order chi connectivity index (χ0) is 17.8. The quantitative estimate of drug-likeness (QED) is 0.426. The molecule has 0 radical (unpaired) electrons. The maximum Gasteiger partial charge on any atom is 0.346 e. The lowest BCUT2D eigenvalue weighted by Crippen LogP contribution is -2.19. The SMILES string of the molecule is COC(=O)c1c(SCc2cc(-c3ccccc3)no2)nc(=O)[nH]c1C. The van der Waals surface area contributed by atoms with E-state index >= 15 is 0 Å². The second kappa shape index (κ2) is 7.35. The van der Waals surface area contributed by atoms with Gasteiger partial charge >= 0.3 is 11.7 Å². The molecule has 0 fully saturated rings. The number of H-pyrrole nitrogens is 1. The standard InChI is InChI=1S/C17H15N3O4S/c1-10-14(16(21)23-2)15(19-17(22)18-10)25-9-12-8-13(20-24-12)11-6-4-3-5-7-11/h3-8H,9H2,1-2H3,(H,18,19,22). The molecular weight excluding hydrogens is 342 g/mol. The number of hydrogen-bond acceptors (Lipinski definition) is 7. The summed E-state index contributed by atoms with van der Waals surface area (Å²) in [6.07, 6.45) is 0. The minimum atomic E-state index is -0.550. The number of rotatable bonds is 5. The van der Waals surface area contributed by atoms with E-state index in [1.807, 2.05) is 36.4 Å². The summed E-state index contributed by atoms with van der Waals surface area (Å²) in [7, 11) is 1.28. The number of aromatic nitrogens is 3. The molecule has 0 saturated carbocycles. The van der Waals surface area contributed by atoms with Crippen LogP contribution in [0.3, 0.4) is 0 Å². The van der Waals surface area contributed by atoms with Crippen LogP contribution in [0.1, 0.15) is 21.8 Å². The van der Waals surface area contributed by atoms with Crippen LogP contribution in [-0.2, 0) is 10.5 Å². The zero-order valence-electron chi connectivity index (χ0n) is 13.6. The molecule has 1 N–H and O–H groups in total. The van der Waals surface area contributed by atoms with Crippen LogP contribution in [0.25, 0.3) is 11.3 Å². The van der Waals surface area contributed by atoms with Crippen molar-refractivity contribution in [1.29, 1.82) is 0 Å². The van der Waals surface area contributed by atoms with Gasteiger partial charge in [0.2, 0.25) is 0 Å². The molecule has 3 aromatic rings. The minimum Gasteiger partial charge on any atom is -0.465 e. The molecule has 0 spiro atoms. The van der Waals surface area contributed by atoms with E-state index in [-0.39, 0.29) is 5.56 Å². The van der Waals surface area contributed by atoms with Gasteiger partial charge in [0.15, 0.2) is 0 Å². The fourth-order valence-corrected chi connectivity index (χ4v) is 3.21. The first-order valence-electron chi connectivity index (χ1n) is 7.41. The Hall–Kier alpha value is -2.87. The lowest BCUT2D eigenvalue weighted by molar-refractivity contribution is 0.0594. The fraction of sp³-hybridized carbons (Fsp3) is 0.176.